The lowest BCUT2D eigenvalue weighted by Gasteiger charge is -2.12. The van der Waals surface area contributed by atoms with Crippen LogP contribution in [0.4, 0.5) is 0 Å². The minimum Gasteiger partial charge on any atom is -0.383 e. The number of hydrogen-bond donors (Lipinski definition) is 1. The van der Waals surface area contributed by atoms with Crippen LogP contribution in [0.3, 0.4) is 0 Å². The second-order valence-electron chi connectivity index (χ2n) is 3.50. The maximum atomic E-state index is 5.27. The number of nitrogens with one attached hydrogen (secondary N) is 1. The van der Waals surface area contributed by atoms with Gasteiger partial charge in [-0.05, 0) is 25.2 Å². The summed E-state index contributed by atoms with van der Waals surface area (Å²) >= 11 is 5.27. The Bertz CT molecular complexity index is 517. The molecule has 0 saturated carbocycles. The first-order valence-electron chi connectivity index (χ1n) is 4.77. The molecule has 15 heavy (non-hydrogen) atoms. The number of methoxy groups -OCH3 is 1. The van der Waals surface area contributed by atoms with Gasteiger partial charge >= 0.3 is 0 Å². The second-order valence-corrected chi connectivity index (χ2v) is 3.88. The SMILES string of the molecule is COCC(C)n1c(=S)[nH]c2cnccc21. The van der Waals surface area contributed by atoms with E-state index in [1.807, 2.05) is 6.07 Å². The molecule has 2 rings (SSSR count). The molecule has 4 nitrogen and oxygen atoms in total. The van der Waals surface area contributed by atoms with Crippen molar-refractivity contribution in [1.29, 1.82) is 0 Å². The van der Waals surface area contributed by atoms with Crippen LogP contribution in [0.15, 0.2) is 18.5 Å². The number of ether oxygens (including phenoxy) is 1. The summed E-state index contributed by atoms with van der Waals surface area (Å²) in [5.74, 6) is 0. The maximum absolute atomic E-state index is 5.27. The summed E-state index contributed by atoms with van der Waals surface area (Å²) in [7, 11) is 1.69. The highest BCUT2D eigenvalue weighted by molar-refractivity contribution is 7.71. The smallest absolute Gasteiger partial charge is 0.178 e. The molecule has 80 valence electrons. The van der Waals surface area contributed by atoms with E-state index in [9.17, 15) is 0 Å². The Morgan fingerprint density at radius 2 is 2.47 bits per heavy atom. The largest absolute Gasteiger partial charge is 0.383 e. The molecule has 0 aromatic carbocycles. The van der Waals surface area contributed by atoms with Crippen molar-refractivity contribution >= 4 is 23.3 Å². The van der Waals surface area contributed by atoms with Crippen molar-refractivity contribution < 1.29 is 4.74 Å². The Morgan fingerprint density at radius 3 is 3.20 bits per heavy atom. The third-order valence-corrected chi connectivity index (χ3v) is 2.67. The summed E-state index contributed by atoms with van der Waals surface area (Å²) in [5.41, 5.74) is 2.03. The van der Waals surface area contributed by atoms with Gasteiger partial charge in [-0.1, -0.05) is 0 Å². The summed E-state index contributed by atoms with van der Waals surface area (Å²) in [6, 6.07) is 2.17. The van der Waals surface area contributed by atoms with Gasteiger partial charge in [-0.25, -0.2) is 0 Å². The number of aromatic nitrogens is 3. The van der Waals surface area contributed by atoms with Crippen LogP contribution >= 0.6 is 12.2 Å². The zero-order valence-electron chi connectivity index (χ0n) is 8.73. The monoisotopic (exact) mass is 223 g/mol. The number of pyridine rings is 1. The van der Waals surface area contributed by atoms with Crippen LogP contribution in [0.25, 0.3) is 11.0 Å². The summed E-state index contributed by atoms with van der Waals surface area (Å²) in [4.78, 5) is 7.18. The van der Waals surface area contributed by atoms with Gasteiger partial charge in [0.25, 0.3) is 0 Å². The molecule has 0 bridgehead atoms. The van der Waals surface area contributed by atoms with Crippen molar-refractivity contribution in [2.45, 2.75) is 13.0 Å². The van der Waals surface area contributed by atoms with Gasteiger partial charge in [0.15, 0.2) is 4.77 Å². The van der Waals surface area contributed by atoms with Crippen LogP contribution in [-0.4, -0.2) is 28.3 Å². The van der Waals surface area contributed by atoms with Gasteiger partial charge in [0.2, 0.25) is 0 Å². The Kier molecular flexibility index (Phi) is 2.83. The molecule has 2 heterocycles. The van der Waals surface area contributed by atoms with E-state index in [2.05, 4.69) is 21.5 Å². The van der Waals surface area contributed by atoms with Crippen LogP contribution in [0.2, 0.25) is 0 Å². The van der Waals surface area contributed by atoms with Gasteiger partial charge in [0.1, 0.15) is 0 Å². The third-order valence-electron chi connectivity index (χ3n) is 2.37. The normalized spacial score (nSPS) is 13.2. The first-order valence-corrected chi connectivity index (χ1v) is 5.18. The van der Waals surface area contributed by atoms with Crippen molar-refractivity contribution in [2.24, 2.45) is 0 Å². The molecule has 0 spiro atoms. The third kappa shape index (κ3) is 1.80. The van der Waals surface area contributed by atoms with E-state index in [4.69, 9.17) is 17.0 Å². The van der Waals surface area contributed by atoms with E-state index in [0.29, 0.717) is 11.4 Å². The molecule has 1 N–H and O–H groups in total. The first-order chi connectivity index (χ1) is 7.24. The van der Waals surface area contributed by atoms with E-state index in [-0.39, 0.29) is 6.04 Å². The molecule has 1 atom stereocenters. The van der Waals surface area contributed by atoms with Gasteiger partial charge < -0.3 is 14.3 Å². The predicted molar refractivity (Wildman–Crippen MR) is 61.5 cm³/mol. The summed E-state index contributed by atoms with van der Waals surface area (Å²) in [6.07, 6.45) is 3.54. The predicted octanol–water partition coefficient (Wildman–Crippen LogP) is 2.30. The first kappa shape index (κ1) is 10.3. The number of aromatic amines is 1. The zero-order chi connectivity index (χ0) is 10.8. The highest BCUT2D eigenvalue weighted by Crippen LogP contribution is 2.17. The molecule has 0 aliphatic carbocycles. The zero-order valence-corrected chi connectivity index (χ0v) is 9.54. The molecule has 5 heteroatoms. The Balaban J connectivity index is 2.58. The fourth-order valence-electron chi connectivity index (χ4n) is 1.73. The van der Waals surface area contributed by atoms with Crippen LogP contribution in [0.1, 0.15) is 13.0 Å². The Labute approximate surface area is 92.9 Å². The molecule has 0 aliphatic rings. The maximum Gasteiger partial charge on any atom is 0.178 e. The number of fused-ring (bicyclic) bond motifs is 1. The minimum absolute atomic E-state index is 0.221. The standard InChI is InChI=1S/C10H13N3OS/c1-7(6-14-2)13-9-3-4-11-5-8(9)12-10(13)15/h3-5,7H,6H2,1-2H3,(H,12,15). The van der Waals surface area contributed by atoms with Gasteiger partial charge in [-0.3, -0.25) is 4.98 Å². The van der Waals surface area contributed by atoms with Crippen molar-refractivity contribution in [3.63, 3.8) is 0 Å². The molecule has 1 unspecified atom stereocenters. The van der Waals surface area contributed by atoms with Crippen molar-refractivity contribution in [3.05, 3.63) is 23.2 Å². The van der Waals surface area contributed by atoms with Gasteiger partial charge in [-0.2, -0.15) is 0 Å². The number of nitrogens with zero attached hydrogens (tertiary/aromatic N) is 2. The topological polar surface area (TPSA) is 42.8 Å². The highest BCUT2D eigenvalue weighted by Gasteiger charge is 2.10. The summed E-state index contributed by atoms with van der Waals surface area (Å²) < 4.78 is 7.90. The lowest BCUT2D eigenvalue weighted by molar-refractivity contribution is 0.163. The molecule has 2 aromatic rings. The van der Waals surface area contributed by atoms with Crippen molar-refractivity contribution in [1.82, 2.24) is 14.5 Å². The van der Waals surface area contributed by atoms with Crippen molar-refractivity contribution in [3.8, 4) is 0 Å². The van der Waals surface area contributed by atoms with E-state index < -0.39 is 0 Å². The Hall–Kier alpha value is -1.20. The molecule has 0 amide bonds. The molecular formula is C10H13N3OS. The minimum atomic E-state index is 0.221. The fourth-order valence-corrected chi connectivity index (χ4v) is 2.12. The average Bonchev–Trinajstić information content (AvgIpc) is 2.54. The number of hydrogen-bond acceptors (Lipinski definition) is 3. The summed E-state index contributed by atoms with van der Waals surface area (Å²) in [6.45, 7) is 2.72. The van der Waals surface area contributed by atoms with Gasteiger partial charge in [-0.15, -0.1) is 0 Å². The van der Waals surface area contributed by atoms with E-state index in [1.165, 1.54) is 0 Å². The van der Waals surface area contributed by atoms with Crippen LogP contribution in [0.5, 0.6) is 0 Å². The van der Waals surface area contributed by atoms with Crippen molar-refractivity contribution in [2.75, 3.05) is 13.7 Å². The molecular weight excluding hydrogens is 210 g/mol. The van der Waals surface area contributed by atoms with E-state index in [0.717, 1.165) is 11.0 Å². The fraction of sp³-hybridized carbons (Fsp3) is 0.400. The van der Waals surface area contributed by atoms with Crippen LogP contribution < -0.4 is 0 Å². The number of rotatable bonds is 3. The lowest BCUT2D eigenvalue weighted by atomic mass is 10.3. The van der Waals surface area contributed by atoms with Gasteiger partial charge in [0.05, 0.1) is 29.9 Å². The van der Waals surface area contributed by atoms with Crippen LogP contribution in [0, 0.1) is 4.77 Å². The lowest BCUT2D eigenvalue weighted by Crippen LogP contribution is -2.10. The quantitative estimate of drug-likeness (QED) is 0.812. The van der Waals surface area contributed by atoms with E-state index >= 15 is 0 Å². The average molecular weight is 223 g/mol. The summed E-state index contributed by atoms with van der Waals surface area (Å²) in [5, 5.41) is 0. The molecule has 0 fully saturated rings. The molecule has 0 saturated heterocycles. The molecule has 0 radical (unpaired) electrons. The van der Waals surface area contributed by atoms with Crippen LogP contribution in [-0.2, 0) is 4.74 Å². The molecule has 0 aliphatic heterocycles. The highest BCUT2D eigenvalue weighted by atomic mass is 32.1. The Morgan fingerprint density at radius 1 is 1.67 bits per heavy atom. The van der Waals surface area contributed by atoms with E-state index in [1.54, 1.807) is 19.5 Å². The number of H-pyrrole nitrogens is 1. The molecule has 2 aromatic heterocycles. The number of imidazole rings is 1. The van der Waals surface area contributed by atoms with Gasteiger partial charge in [0, 0.05) is 13.3 Å². The second kappa shape index (κ2) is 4.12.